The van der Waals surface area contributed by atoms with E-state index >= 15 is 0 Å². The highest BCUT2D eigenvalue weighted by Crippen LogP contribution is 2.26. The van der Waals surface area contributed by atoms with E-state index in [9.17, 15) is 8.42 Å². The molecule has 164 valence electrons. The van der Waals surface area contributed by atoms with Gasteiger partial charge in [-0.05, 0) is 61.9 Å². The average molecular weight is 452 g/mol. The molecule has 0 unspecified atom stereocenters. The Kier molecular flexibility index (Phi) is 6.04. The summed E-state index contributed by atoms with van der Waals surface area (Å²) in [6.45, 7) is 4.20. The smallest absolute Gasteiger partial charge is 0.261 e. The molecule has 0 saturated heterocycles. The topological polar surface area (TPSA) is 108 Å². The maximum atomic E-state index is 12.7. The van der Waals surface area contributed by atoms with Crippen LogP contribution in [0.3, 0.4) is 0 Å². The molecular weight excluding hydrogens is 430 g/mol. The van der Waals surface area contributed by atoms with E-state index in [4.69, 9.17) is 9.47 Å². The molecule has 0 spiro atoms. The van der Waals surface area contributed by atoms with Crippen LogP contribution in [0.15, 0.2) is 78.5 Å². The van der Waals surface area contributed by atoms with Crippen molar-refractivity contribution in [3.63, 3.8) is 0 Å². The van der Waals surface area contributed by atoms with E-state index in [0.29, 0.717) is 35.5 Å². The van der Waals surface area contributed by atoms with Crippen molar-refractivity contribution < 1.29 is 17.9 Å². The van der Waals surface area contributed by atoms with Crippen LogP contribution in [0.25, 0.3) is 5.82 Å². The summed E-state index contributed by atoms with van der Waals surface area (Å²) >= 11 is 0. The summed E-state index contributed by atoms with van der Waals surface area (Å²) in [4.78, 5) is 12.4. The van der Waals surface area contributed by atoms with Gasteiger partial charge < -0.3 is 9.47 Å². The molecule has 0 aliphatic heterocycles. The zero-order valence-corrected chi connectivity index (χ0v) is 18.3. The fourth-order valence-corrected chi connectivity index (χ4v) is 4.10. The maximum Gasteiger partial charge on any atom is 0.261 e. The number of sulfonamides is 1. The molecule has 0 atom stereocenters. The third kappa shape index (κ3) is 4.86. The molecule has 0 bridgehead atoms. The number of imidazole rings is 1. The Morgan fingerprint density at radius 1 is 1.06 bits per heavy atom. The summed E-state index contributed by atoms with van der Waals surface area (Å²) in [5.41, 5.74) is 1.16. The van der Waals surface area contributed by atoms with Gasteiger partial charge in [0.2, 0.25) is 5.88 Å². The van der Waals surface area contributed by atoms with E-state index < -0.39 is 10.0 Å². The molecule has 0 fully saturated rings. The highest BCUT2D eigenvalue weighted by atomic mass is 32.2. The van der Waals surface area contributed by atoms with Gasteiger partial charge in [0, 0.05) is 24.1 Å². The van der Waals surface area contributed by atoms with Crippen LogP contribution in [0.5, 0.6) is 17.4 Å². The largest absolute Gasteiger partial charge is 0.494 e. The van der Waals surface area contributed by atoms with Crippen molar-refractivity contribution in [1.29, 1.82) is 0 Å². The Morgan fingerprint density at radius 2 is 1.88 bits per heavy atom. The van der Waals surface area contributed by atoms with E-state index in [1.54, 1.807) is 65.8 Å². The van der Waals surface area contributed by atoms with Gasteiger partial charge in [-0.25, -0.2) is 23.4 Å². The minimum atomic E-state index is -3.75. The summed E-state index contributed by atoms with van der Waals surface area (Å²) in [7, 11) is -3.75. The number of hydrogen-bond donors (Lipinski definition) is 1. The van der Waals surface area contributed by atoms with E-state index in [0.717, 1.165) is 5.56 Å². The van der Waals surface area contributed by atoms with Gasteiger partial charge in [-0.1, -0.05) is 0 Å². The van der Waals surface area contributed by atoms with E-state index in [1.165, 1.54) is 12.4 Å². The number of anilines is 1. The normalized spacial score (nSPS) is 11.2. The van der Waals surface area contributed by atoms with Crippen LogP contribution in [0.4, 0.5) is 5.69 Å². The van der Waals surface area contributed by atoms with E-state index in [-0.39, 0.29) is 4.90 Å². The van der Waals surface area contributed by atoms with Gasteiger partial charge in [-0.2, -0.15) is 0 Å². The lowest BCUT2D eigenvalue weighted by molar-refractivity contribution is 0.337. The molecule has 4 aromatic rings. The highest BCUT2D eigenvalue weighted by Gasteiger charge is 2.16. The number of rotatable bonds is 8. The summed E-state index contributed by atoms with van der Waals surface area (Å²) < 4.78 is 41.0. The van der Waals surface area contributed by atoms with Crippen LogP contribution < -0.4 is 14.2 Å². The first-order valence-electron chi connectivity index (χ1n) is 9.79. The number of aromatic nitrogens is 4. The highest BCUT2D eigenvalue weighted by molar-refractivity contribution is 7.92. The quantitative estimate of drug-likeness (QED) is 0.432. The zero-order chi connectivity index (χ0) is 22.6. The third-order valence-electron chi connectivity index (χ3n) is 4.48. The molecule has 10 heteroatoms. The van der Waals surface area contributed by atoms with Crippen LogP contribution in [0.2, 0.25) is 0 Å². The average Bonchev–Trinajstić information content (AvgIpc) is 3.32. The Hall–Kier alpha value is -3.92. The molecule has 4 rings (SSSR count). The number of aryl methyl sites for hydroxylation is 1. The molecule has 9 nitrogen and oxygen atoms in total. The lowest BCUT2D eigenvalue weighted by atomic mass is 10.2. The van der Waals surface area contributed by atoms with Gasteiger partial charge in [0.1, 0.15) is 30.0 Å². The van der Waals surface area contributed by atoms with Crippen molar-refractivity contribution in [3.05, 3.63) is 79.1 Å². The van der Waals surface area contributed by atoms with Gasteiger partial charge in [-0.15, -0.1) is 0 Å². The van der Waals surface area contributed by atoms with Crippen LogP contribution in [0, 0.1) is 6.92 Å². The minimum Gasteiger partial charge on any atom is -0.494 e. The first-order valence-corrected chi connectivity index (χ1v) is 11.3. The van der Waals surface area contributed by atoms with Gasteiger partial charge >= 0.3 is 0 Å². The van der Waals surface area contributed by atoms with Gasteiger partial charge in [0.25, 0.3) is 10.0 Å². The number of hydrogen-bond acceptors (Lipinski definition) is 7. The third-order valence-corrected chi connectivity index (χ3v) is 5.86. The maximum absolute atomic E-state index is 12.7. The molecule has 0 aliphatic rings. The molecule has 32 heavy (non-hydrogen) atoms. The second kappa shape index (κ2) is 9.06. The van der Waals surface area contributed by atoms with Crippen LogP contribution in [-0.4, -0.2) is 34.5 Å². The SMILES string of the molecule is CCOc1ccc(S(=O)(=O)Nc2ccc(Oc3cc(-n4ccnc4)ncn3)cc2)cc1C. The summed E-state index contributed by atoms with van der Waals surface area (Å²) in [6, 6.07) is 13.0. The zero-order valence-electron chi connectivity index (χ0n) is 17.5. The van der Waals surface area contributed by atoms with Crippen molar-refractivity contribution in [2.45, 2.75) is 18.7 Å². The summed E-state index contributed by atoms with van der Waals surface area (Å²) in [5.74, 6) is 2.12. The Bertz CT molecular complexity index is 1310. The molecule has 2 aromatic carbocycles. The molecule has 2 heterocycles. The lowest BCUT2D eigenvalue weighted by Gasteiger charge is -2.12. The van der Waals surface area contributed by atoms with E-state index in [2.05, 4.69) is 19.7 Å². The molecule has 0 saturated carbocycles. The molecule has 0 aliphatic carbocycles. The van der Waals surface area contributed by atoms with Gasteiger partial charge in [-0.3, -0.25) is 9.29 Å². The van der Waals surface area contributed by atoms with Gasteiger partial charge in [0.15, 0.2) is 0 Å². The van der Waals surface area contributed by atoms with E-state index in [1.807, 2.05) is 13.8 Å². The molecule has 0 radical (unpaired) electrons. The Morgan fingerprint density at radius 3 is 2.56 bits per heavy atom. The number of benzene rings is 2. The van der Waals surface area contributed by atoms with Crippen molar-refractivity contribution in [1.82, 2.24) is 19.5 Å². The molecule has 1 N–H and O–H groups in total. The summed E-state index contributed by atoms with van der Waals surface area (Å²) in [5, 5.41) is 0. The Labute approximate surface area is 185 Å². The second-order valence-corrected chi connectivity index (χ2v) is 8.46. The Balaban J connectivity index is 1.46. The van der Waals surface area contributed by atoms with Crippen molar-refractivity contribution in [3.8, 4) is 23.2 Å². The van der Waals surface area contributed by atoms with Crippen LogP contribution >= 0.6 is 0 Å². The van der Waals surface area contributed by atoms with Gasteiger partial charge in [0.05, 0.1) is 11.5 Å². The molecule has 0 amide bonds. The number of nitrogens with zero attached hydrogens (tertiary/aromatic N) is 4. The summed E-state index contributed by atoms with van der Waals surface area (Å²) in [6.07, 6.45) is 6.43. The van der Waals surface area contributed by atoms with Crippen LogP contribution in [0.1, 0.15) is 12.5 Å². The first kappa shape index (κ1) is 21.3. The monoisotopic (exact) mass is 451 g/mol. The van der Waals surface area contributed by atoms with Crippen LogP contribution in [-0.2, 0) is 10.0 Å². The second-order valence-electron chi connectivity index (χ2n) is 6.78. The number of nitrogens with one attached hydrogen (secondary N) is 1. The van der Waals surface area contributed by atoms with Crippen molar-refractivity contribution in [2.24, 2.45) is 0 Å². The standard InChI is InChI=1S/C22H21N5O4S/c1-3-30-20-9-8-19(12-16(20)2)32(28,29)26-17-4-6-18(7-5-17)31-22-13-21(24-14-25-22)27-11-10-23-15-27/h4-15,26H,3H2,1-2H3. The first-order chi connectivity index (χ1) is 15.4. The predicted octanol–water partition coefficient (Wildman–Crippen LogP) is 3.96. The molecular formula is C22H21N5O4S. The predicted molar refractivity (Wildman–Crippen MR) is 119 cm³/mol. The number of ether oxygens (including phenoxy) is 2. The lowest BCUT2D eigenvalue weighted by Crippen LogP contribution is -2.13. The fraction of sp³-hybridized carbons (Fsp3) is 0.136. The minimum absolute atomic E-state index is 0.159. The van der Waals surface area contributed by atoms with Crippen molar-refractivity contribution >= 4 is 15.7 Å². The fourth-order valence-electron chi connectivity index (χ4n) is 2.95. The van der Waals surface area contributed by atoms with Crippen molar-refractivity contribution in [2.75, 3.05) is 11.3 Å². The molecule has 2 aromatic heterocycles.